The molecule has 1 fully saturated rings. The van der Waals surface area contributed by atoms with E-state index in [0.717, 1.165) is 24.0 Å². The van der Waals surface area contributed by atoms with E-state index in [1.807, 2.05) is 26.0 Å². The lowest BCUT2D eigenvalue weighted by molar-refractivity contribution is -0.0569. The Kier molecular flexibility index (Phi) is 5.82. The van der Waals surface area contributed by atoms with Crippen LogP contribution in [-0.2, 0) is 11.2 Å². The van der Waals surface area contributed by atoms with Crippen LogP contribution >= 0.6 is 0 Å². The molecule has 1 amide bonds. The number of rotatable bonds is 4. The molecule has 152 valence electrons. The predicted octanol–water partition coefficient (Wildman–Crippen LogP) is 3.03. The minimum absolute atomic E-state index is 0.0663. The third kappa shape index (κ3) is 3.43. The smallest absolute Gasteiger partial charge is 0.407 e. The van der Waals surface area contributed by atoms with Gasteiger partial charge in [-0.15, -0.1) is 0 Å². The number of piperazine rings is 1. The number of methoxy groups -OCH3 is 1. The van der Waals surface area contributed by atoms with Gasteiger partial charge in [0.05, 0.1) is 30.9 Å². The van der Waals surface area contributed by atoms with Gasteiger partial charge in [0.1, 0.15) is 11.8 Å². The second kappa shape index (κ2) is 7.98. The van der Waals surface area contributed by atoms with E-state index >= 15 is 0 Å². The fourth-order valence-corrected chi connectivity index (χ4v) is 4.52. The highest BCUT2D eigenvalue weighted by atomic mass is 16.5. The van der Waals surface area contributed by atoms with Crippen LogP contribution in [0.15, 0.2) is 12.1 Å². The fraction of sp³-hybridized carbons (Fsp3) is 0.619. The molecule has 2 aliphatic heterocycles. The average molecular weight is 387 g/mol. The molecular weight excluding hydrogens is 358 g/mol. The average Bonchev–Trinajstić information content (AvgIpc) is 2.70. The van der Waals surface area contributed by atoms with Crippen molar-refractivity contribution >= 4 is 6.09 Å². The summed E-state index contributed by atoms with van der Waals surface area (Å²) in [7, 11) is 1.57. The van der Waals surface area contributed by atoms with Gasteiger partial charge < -0.3 is 19.5 Å². The van der Waals surface area contributed by atoms with E-state index in [0.29, 0.717) is 37.6 Å². The monoisotopic (exact) mass is 387 g/mol. The van der Waals surface area contributed by atoms with Crippen LogP contribution < -0.4 is 4.74 Å². The number of carboxylic acid groups (broad SMARTS) is 1. The van der Waals surface area contributed by atoms with Gasteiger partial charge >= 0.3 is 6.09 Å². The second-order valence-corrected chi connectivity index (χ2v) is 7.79. The maximum absolute atomic E-state index is 11.7. The van der Waals surface area contributed by atoms with E-state index < -0.39 is 11.6 Å². The molecule has 7 heteroatoms. The summed E-state index contributed by atoms with van der Waals surface area (Å²) in [5, 5.41) is 19.0. The van der Waals surface area contributed by atoms with E-state index in [1.54, 1.807) is 12.0 Å². The highest BCUT2D eigenvalue weighted by Gasteiger charge is 2.45. The zero-order valence-corrected chi connectivity index (χ0v) is 17.1. The van der Waals surface area contributed by atoms with Gasteiger partial charge in [0.25, 0.3) is 0 Å². The largest absolute Gasteiger partial charge is 0.495 e. The van der Waals surface area contributed by atoms with Gasteiger partial charge in [0.15, 0.2) is 0 Å². The van der Waals surface area contributed by atoms with E-state index in [2.05, 4.69) is 17.9 Å². The van der Waals surface area contributed by atoms with Gasteiger partial charge in [-0.25, -0.2) is 4.79 Å². The van der Waals surface area contributed by atoms with Gasteiger partial charge in [-0.05, 0) is 49.9 Å². The molecule has 2 heterocycles. The summed E-state index contributed by atoms with van der Waals surface area (Å²) in [6, 6.07) is 6.10. The Morgan fingerprint density at radius 1 is 1.46 bits per heavy atom. The molecule has 0 bridgehead atoms. The molecule has 1 N–H and O–H groups in total. The number of ether oxygens (including phenoxy) is 2. The first kappa shape index (κ1) is 20.4. The van der Waals surface area contributed by atoms with Crippen LogP contribution in [0.25, 0.3) is 0 Å². The van der Waals surface area contributed by atoms with Crippen LogP contribution in [0.4, 0.5) is 4.79 Å². The first-order valence-corrected chi connectivity index (χ1v) is 9.82. The molecule has 7 nitrogen and oxygen atoms in total. The standard InChI is InChI=1S/C21H29N3O4/c1-5-21(3)14(2)23(7-8-24(21)20(25)26)13-19-17-11-18(27-4)16(12-22)10-15(17)6-9-28-19/h10-11,14,19H,5-9,13H2,1-4H3,(H,25,26). The van der Waals surface area contributed by atoms with E-state index in [1.165, 1.54) is 0 Å². The summed E-state index contributed by atoms with van der Waals surface area (Å²) in [5.41, 5.74) is 2.30. The summed E-state index contributed by atoms with van der Waals surface area (Å²) in [6.07, 6.45) is 0.548. The molecule has 3 rings (SSSR count). The zero-order chi connectivity index (χ0) is 20.5. The van der Waals surface area contributed by atoms with Crippen molar-refractivity contribution in [2.45, 2.75) is 51.3 Å². The van der Waals surface area contributed by atoms with Crippen molar-refractivity contribution in [1.29, 1.82) is 5.26 Å². The number of nitrogens with zero attached hydrogens (tertiary/aromatic N) is 3. The Bertz CT molecular complexity index is 791. The normalized spacial score (nSPS) is 27.8. The van der Waals surface area contributed by atoms with Crippen molar-refractivity contribution in [3.8, 4) is 11.8 Å². The minimum Gasteiger partial charge on any atom is -0.495 e. The molecule has 0 saturated carbocycles. The van der Waals surface area contributed by atoms with Crippen molar-refractivity contribution in [2.75, 3.05) is 33.4 Å². The summed E-state index contributed by atoms with van der Waals surface area (Å²) in [6.45, 7) is 8.62. The molecule has 1 aromatic carbocycles. The molecule has 28 heavy (non-hydrogen) atoms. The summed E-state index contributed by atoms with van der Waals surface area (Å²) in [4.78, 5) is 15.6. The number of benzene rings is 1. The zero-order valence-electron chi connectivity index (χ0n) is 17.1. The van der Waals surface area contributed by atoms with Gasteiger partial charge in [-0.3, -0.25) is 4.90 Å². The molecule has 0 spiro atoms. The number of carbonyl (C=O) groups is 1. The molecule has 2 aliphatic rings. The van der Waals surface area contributed by atoms with Gasteiger partial charge in [-0.2, -0.15) is 5.26 Å². The van der Waals surface area contributed by atoms with Crippen LogP contribution in [0.3, 0.4) is 0 Å². The summed E-state index contributed by atoms with van der Waals surface area (Å²) >= 11 is 0. The first-order chi connectivity index (χ1) is 13.3. The molecule has 1 saturated heterocycles. The third-order valence-electron chi connectivity index (χ3n) is 6.64. The predicted molar refractivity (Wildman–Crippen MR) is 105 cm³/mol. The Labute approximate surface area is 166 Å². The number of nitriles is 1. The highest BCUT2D eigenvalue weighted by Crippen LogP contribution is 2.36. The van der Waals surface area contributed by atoms with Crippen LogP contribution in [0.5, 0.6) is 5.75 Å². The van der Waals surface area contributed by atoms with Gasteiger partial charge in [0.2, 0.25) is 0 Å². The van der Waals surface area contributed by atoms with Crippen molar-refractivity contribution in [3.05, 3.63) is 28.8 Å². The van der Waals surface area contributed by atoms with Crippen molar-refractivity contribution in [2.24, 2.45) is 0 Å². The van der Waals surface area contributed by atoms with Crippen LogP contribution in [0.1, 0.15) is 50.0 Å². The lowest BCUT2D eigenvalue weighted by atomic mass is 9.84. The van der Waals surface area contributed by atoms with Crippen LogP contribution in [0.2, 0.25) is 0 Å². The van der Waals surface area contributed by atoms with Gasteiger partial charge in [-0.1, -0.05) is 6.92 Å². The van der Waals surface area contributed by atoms with E-state index in [9.17, 15) is 15.2 Å². The summed E-state index contributed by atoms with van der Waals surface area (Å²) in [5.74, 6) is 0.568. The number of amides is 1. The SMILES string of the molecule is CCC1(C)C(C)N(CC2OCCc3cc(C#N)c(OC)cc32)CCN1C(=O)O. The number of hydrogen-bond donors (Lipinski definition) is 1. The van der Waals surface area contributed by atoms with E-state index in [-0.39, 0.29) is 12.1 Å². The molecule has 3 unspecified atom stereocenters. The summed E-state index contributed by atoms with van der Waals surface area (Å²) < 4.78 is 11.5. The topological polar surface area (TPSA) is 86.0 Å². The first-order valence-electron chi connectivity index (χ1n) is 9.82. The van der Waals surface area contributed by atoms with Crippen LogP contribution in [0, 0.1) is 11.3 Å². The fourth-order valence-electron chi connectivity index (χ4n) is 4.52. The lowest BCUT2D eigenvalue weighted by Gasteiger charge is -2.53. The molecule has 1 aromatic rings. The number of fused-ring (bicyclic) bond motifs is 1. The molecule has 0 aliphatic carbocycles. The number of hydrogen-bond acceptors (Lipinski definition) is 5. The lowest BCUT2D eigenvalue weighted by Crippen LogP contribution is -2.67. The quantitative estimate of drug-likeness (QED) is 0.855. The van der Waals surface area contributed by atoms with Crippen molar-refractivity contribution in [3.63, 3.8) is 0 Å². The van der Waals surface area contributed by atoms with Crippen molar-refractivity contribution < 1.29 is 19.4 Å². The van der Waals surface area contributed by atoms with E-state index in [4.69, 9.17) is 9.47 Å². The minimum atomic E-state index is -0.858. The van der Waals surface area contributed by atoms with Gasteiger partial charge in [0, 0.05) is 25.7 Å². The molecule has 0 radical (unpaired) electrons. The Morgan fingerprint density at radius 3 is 2.82 bits per heavy atom. The third-order valence-corrected chi connectivity index (χ3v) is 6.64. The van der Waals surface area contributed by atoms with Crippen molar-refractivity contribution in [1.82, 2.24) is 9.80 Å². The molecule has 3 atom stereocenters. The molecular formula is C21H29N3O4. The Hall–Kier alpha value is -2.30. The maximum Gasteiger partial charge on any atom is 0.407 e. The molecule has 0 aromatic heterocycles. The highest BCUT2D eigenvalue weighted by molar-refractivity contribution is 5.66. The maximum atomic E-state index is 11.7. The Balaban J connectivity index is 1.86. The van der Waals surface area contributed by atoms with Crippen LogP contribution in [-0.4, -0.2) is 65.9 Å². The second-order valence-electron chi connectivity index (χ2n) is 7.79. The Morgan fingerprint density at radius 2 is 2.21 bits per heavy atom.